The van der Waals surface area contributed by atoms with Gasteiger partial charge in [0.25, 0.3) is 0 Å². The third-order valence-electron chi connectivity index (χ3n) is 3.68. The first-order valence-electron chi connectivity index (χ1n) is 7.25. The van der Waals surface area contributed by atoms with Crippen LogP contribution in [0.15, 0.2) is 54.7 Å². The Hall–Kier alpha value is -3.08. The molecule has 2 heterocycles. The summed E-state index contributed by atoms with van der Waals surface area (Å²) in [5, 5.41) is 10.1. The number of nitrogens with zero attached hydrogens (tertiary/aromatic N) is 1. The largest absolute Gasteiger partial charge is 0.507 e. The van der Waals surface area contributed by atoms with E-state index in [0.29, 0.717) is 12.0 Å². The molecule has 0 fully saturated rings. The zero-order chi connectivity index (χ0) is 16.4. The highest BCUT2D eigenvalue weighted by Gasteiger charge is 2.21. The van der Waals surface area contributed by atoms with E-state index < -0.39 is 11.9 Å². The van der Waals surface area contributed by atoms with Gasteiger partial charge in [-0.3, -0.25) is 0 Å². The number of aromatic nitrogens is 1. The predicted octanol–water partition coefficient (Wildman–Crippen LogP) is 3.20. The Morgan fingerprint density at radius 3 is 2.65 bits per heavy atom. The highest BCUT2D eigenvalue weighted by atomic mass is 16.6. The second-order valence-electron chi connectivity index (χ2n) is 5.06. The van der Waals surface area contributed by atoms with E-state index in [4.69, 9.17) is 4.74 Å². The Balaban J connectivity index is 1.87. The minimum Gasteiger partial charge on any atom is -0.507 e. The monoisotopic (exact) mass is 309 g/mol. The molecule has 0 spiro atoms. The number of fused-ring (bicyclic) bond motifs is 1. The SMILES string of the molecule is CCc1cccc(C(=O)OC(=O)c2ccc3ccccn23)c1O. The van der Waals surface area contributed by atoms with Crippen LogP contribution in [0.1, 0.15) is 33.3 Å². The van der Waals surface area contributed by atoms with Gasteiger partial charge in [0.15, 0.2) is 0 Å². The van der Waals surface area contributed by atoms with Crippen molar-refractivity contribution < 1.29 is 19.4 Å². The van der Waals surface area contributed by atoms with E-state index in [1.54, 1.807) is 40.9 Å². The molecule has 0 aliphatic carbocycles. The van der Waals surface area contributed by atoms with Crippen LogP contribution in [0.5, 0.6) is 5.75 Å². The fourth-order valence-corrected chi connectivity index (χ4v) is 2.46. The van der Waals surface area contributed by atoms with Crippen LogP contribution in [0.4, 0.5) is 0 Å². The third-order valence-corrected chi connectivity index (χ3v) is 3.68. The summed E-state index contributed by atoms with van der Waals surface area (Å²) >= 11 is 0. The molecular formula is C18H15NO4. The smallest absolute Gasteiger partial charge is 0.363 e. The maximum atomic E-state index is 12.2. The summed E-state index contributed by atoms with van der Waals surface area (Å²) < 4.78 is 6.55. The minimum absolute atomic E-state index is 0.0152. The van der Waals surface area contributed by atoms with Crippen LogP contribution >= 0.6 is 0 Å². The summed E-state index contributed by atoms with van der Waals surface area (Å²) in [5.41, 5.74) is 1.68. The van der Waals surface area contributed by atoms with Gasteiger partial charge in [0.2, 0.25) is 0 Å². The maximum Gasteiger partial charge on any atom is 0.363 e. The normalized spacial score (nSPS) is 10.7. The number of phenolic OH excluding ortho intramolecular Hbond substituents is 1. The van der Waals surface area contributed by atoms with Crippen LogP contribution in [-0.2, 0) is 11.2 Å². The molecule has 0 aliphatic heterocycles. The first-order valence-corrected chi connectivity index (χ1v) is 7.25. The number of hydrogen-bond acceptors (Lipinski definition) is 4. The van der Waals surface area contributed by atoms with E-state index in [1.165, 1.54) is 6.07 Å². The number of aryl methyl sites for hydroxylation is 1. The molecule has 0 amide bonds. The lowest BCUT2D eigenvalue weighted by Crippen LogP contribution is -2.15. The van der Waals surface area contributed by atoms with Crippen molar-refractivity contribution >= 4 is 17.5 Å². The number of benzene rings is 1. The standard InChI is InChI=1S/C18H15NO4/c1-2-12-6-5-8-14(16(12)20)17(21)23-18(22)15-10-9-13-7-3-4-11-19(13)15/h3-11,20H,2H2,1H3. The molecule has 1 aromatic carbocycles. The maximum absolute atomic E-state index is 12.2. The van der Waals surface area contributed by atoms with Crippen molar-refractivity contribution in [1.29, 1.82) is 0 Å². The lowest BCUT2D eigenvalue weighted by molar-refractivity contribution is 0.0391. The zero-order valence-electron chi connectivity index (χ0n) is 12.5. The molecule has 23 heavy (non-hydrogen) atoms. The van der Waals surface area contributed by atoms with Gasteiger partial charge < -0.3 is 14.2 Å². The van der Waals surface area contributed by atoms with Crippen molar-refractivity contribution in [2.75, 3.05) is 0 Å². The van der Waals surface area contributed by atoms with Crippen molar-refractivity contribution in [2.45, 2.75) is 13.3 Å². The van der Waals surface area contributed by atoms with Gasteiger partial charge >= 0.3 is 11.9 Å². The molecule has 0 unspecified atom stereocenters. The van der Waals surface area contributed by atoms with Crippen LogP contribution in [0.25, 0.3) is 5.52 Å². The van der Waals surface area contributed by atoms with E-state index >= 15 is 0 Å². The molecule has 0 atom stereocenters. The van der Waals surface area contributed by atoms with E-state index in [9.17, 15) is 14.7 Å². The Morgan fingerprint density at radius 2 is 1.87 bits per heavy atom. The average molecular weight is 309 g/mol. The number of pyridine rings is 1. The summed E-state index contributed by atoms with van der Waals surface area (Å²) in [6.07, 6.45) is 2.29. The fourth-order valence-electron chi connectivity index (χ4n) is 2.46. The summed E-state index contributed by atoms with van der Waals surface area (Å²) in [6, 6.07) is 13.6. The van der Waals surface area contributed by atoms with Gasteiger partial charge in [-0.2, -0.15) is 0 Å². The van der Waals surface area contributed by atoms with Crippen molar-refractivity contribution in [1.82, 2.24) is 4.40 Å². The first kappa shape index (κ1) is 14.8. The summed E-state index contributed by atoms with van der Waals surface area (Å²) in [6.45, 7) is 1.86. The Labute approximate surface area is 132 Å². The van der Waals surface area contributed by atoms with Crippen LogP contribution < -0.4 is 0 Å². The molecule has 5 nitrogen and oxygen atoms in total. The van der Waals surface area contributed by atoms with Gasteiger partial charge in [-0.15, -0.1) is 0 Å². The van der Waals surface area contributed by atoms with Crippen molar-refractivity contribution in [3.63, 3.8) is 0 Å². The molecular weight excluding hydrogens is 294 g/mol. The van der Waals surface area contributed by atoms with Crippen molar-refractivity contribution in [3.8, 4) is 5.75 Å². The van der Waals surface area contributed by atoms with Crippen LogP contribution in [0, 0.1) is 0 Å². The molecule has 0 radical (unpaired) electrons. The first-order chi connectivity index (χ1) is 11.1. The molecule has 1 N–H and O–H groups in total. The molecule has 0 bridgehead atoms. The number of esters is 2. The Kier molecular flexibility index (Phi) is 3.85. The average Bonchev–Trinajstić information content (AvgIpc) is 2.99. The molecule has 5 heteroatoms. The number of rotatable bonds is 3. The minimum atomic E-state index is -0.867. The highest BCUT2D eigenvalue weighted by Crippen LogP contribution is 2.24. The molecule has 2 aromatic heterocycles. The topological polar surface area (TPSA) is 68.0 Å². The number of phenols is 1. The molecule has 0 saturated heterocycles. The molecule has 3 rings (SSSR count). The molecule has 0 aliphatic rings. The number of carbonyl (C=O) groups is 2. The van der Waals surface area contributed by atoms with E-state index in [2.05, 4.69) is 0 Å². The fraction of sp³-hybridized carbons (Fsp3) is 0.111. The van der Waals surface area contributed by atoms with Crippen molar-refractivity contribution in [3.05, 3.63) is 71.5 Å². The number of hydrogen-bond donors (Lipinski definition) is 1. The van der Waals surface area contributed by atoms with E-state index in [1.807, 2.05) is 19.1 Å². The quantitative estimate of drug-likeness (QED) is 0.596. The summed E-state index contributed by atoms with van der Waals surface area (Å²) in [4.78, 5) is 24.4. The van der Waals surface area contributed by atoms with Gasteiger partial charge in [0, 0.05) is 11.7 Å². The Bertz CT molecular complexity index is 895. The molecule has 116 valence electrons. The number of aromatic hydroxyl groups is 1. The molecule has 0 saturated carbocycles. The van der Waals surface area contributed by atoms with Gasteiger partial charge in [-0.1, -0.05) is 25.1 Å². The number of para-hydroxylation sites is 1. The lowest BCUT2D eigenvalue weighted by atomic mass is 10.1. The highest BCUT2D eigenvalue weighted by molar-refractivity contribution is 6.03. The lowest BCUT2D eigenvalue weighted by Gasteiger charge is -2.08. The molecule has 3 aromatic rings. The van der Waals surface area contributed by atoms with E-state index in [-0.39, 0.29) is 17.0 Å². The zero-order valence-corrected chi connectivity index (χ0v) is 12.5. The van der Waals surface area contributed by atoms with Gasteiger partial charge in [0.05, 0.1) is 0 Å². The van der Waals surface area contributed by atoms with Crippen LogP contribution in [-0.4, -0.2) is 21.4 Å². The van der Waals surface area contributed by atoms with Crippen molar-refractivity contribution in [2.24, 2.45) is 0 Å². The summed E-state index contributed by atoms with van der Waals surface area (Å²) in [5.74, 6) is -1.77. The third kappa shape index (κ3) is 2.68. The second-order valence-corrected chi connectivity index (χ2v) is 5.06. The number of carbonyl (C=O) groups excluding carboxylic acids is 2. The van der Waals surface area contributed by atoms with Gasteiger partial charge in [-0.25, -0.2) is 9.59 Å². The second kappa shape index (κ2) is 5.96. The number of ether oxygens (including phenoxy) is 1. The van der Waals surface area contributed by atoms with Crippen LogP contribution in [0.3, 0.4) is 0 Å². The van der Waals surface area contributed by atoms with Gasteiger partial charge in [0.1, 0.15) is 17.0 Å². The Morgan fingerprint density at radius 1 is 1.04 bits per heavy atom. The van der Waals surface area contributed by atoms with E-state index in [0.717, 1.165) is 5.52 Å². The van der Waals surface area contributed by atoms with Crippen LogP contribution in [0.2, 0.25) is 0 Å². The van der Waals surface area contributed by atoms with Gasteiger partial charge in [-0.05, 0) is 42.3 Å². The predicted molar refractivity (Wildman–Crippen MR) is 84.6 cm³/mol. The summed E-state index contributed by atoms with van der Waals surface area (Å²) in [7, 11) is 0.